The second-order valence-electron chi connectivity index (χ2n) is 5.60. The third kappa shape index (κ3) is 5.59. The number of carbonyl (C=O) groups is 1. The van der Waals surface area contributed by atoms with Gasteiger partial charge in [0.05, 0.1) is 12.6 Å². The summed E-state index contributed by atoms with van der Waals surface area (Å²) >= 11 is 1.66. The molecule has 0 saturated carbocycles. The SMILES string of the molecule is COc1ccc(SCCC(=O)NC(C)(CN)C(C)C)cc1. The van der Waals surface area contributed by atoms with E-state index < -0.39 is 0 Å². The van der Waals surface area contributed by atoms with Crippen LogP contribution in [0.4, 0.5) is 0 Å². The molecule has 4 nitrogen and oxygen atoms in total. The summed E-state index contributed by atoms with van der Waals surface area (Å²) in [7, 11) is 1.65. The van der Waals surface area contributed by atoms with Gasteiger partial charge < -0.3 is 15.8 Å². The molecular weight excluding hydrogens is 284 g/mol. The molecule has 5 heteroatoms. The number of hydrogen-bond acceptors (Lipinski definition) is 4. The van der Waals surface area contributed by atoms with Gasteiger partial charge in [-0.1, -0.05) is 13.8 Å². The maximum Gasteiger partial charge on any atom is 0.221 e. The lowest BCUT2D eigenvalue weighted by atomic mass is 9.88. The van der Waals surface area contributed by atoms with Gasteiger partial charge in [-0.05, 0) is 37.1 Å². The molecule has 1 unspecified atom stereocenters. The van der Waals surface area contributed by atoms with Crippen molar-refractivity contribution in [2.24, 2.45) is 11.7 Å². The normalized spacial score (nSPS) is 13.8. The van der Waals surface area contributed by atoms with Crippen molar-refractivity contribution in [3.8, 4) is 5.75 Å². The quantitative estimate of drug-likeness (QED) is 0.725. The lowest BCUT2D eigenvalue weighted by molar-refractivity contribution is -0.122. The molecule has 1 amide bonds. The fourth-order valence-electron chi connectivity index (χ4n) is 1.75. The summed E-state index contributed by atoms with van der Waals surface area (Å²) in [5.74, 6) is 1.95. The van der Waals surface area contributed by atoms with Crippen LogP contribution in [-0.4, -0.2) is 30.9 Å². The highest BCUT2D eigenvalue weighted by atomic mass is 32.2. The van der Waals surface area contributed by atoms with E-state index >= 15 is 0 Å². The van der Waals surface area contributed by atoms with E-state index in [2.05, 4.69) is 19.2 Å². The molecule has 21 heavy (non-hydrogen) atoms. The fraction of sp³-hybridized carbons (Fsp3) is 0.562. The molecule has 0 fully saturated rings. The van der Waals surface area contributed by atoms with Gasteiger partial charge in [0.15, 0.2) is 0 Å². The molecular formula is C16H26N2O2S. The number of rotatable bonds is 8. The standard InChI is InChI=1S/C16H26N2O2S/c1-12(2)16(3,11-17)18-15(19)9-10-21-14-7-5-13(20-4)6-8-14/h5-8,12H,9-11,17H2,1-4H3,(H,18,19). The molecule has 1 rings (SSSR count). The summed E-state index contributed by atoms with van der Waals surface area (Å²) < 4.78 is 5.12. The second kappa shape index (κ2) is 8.29. The van der Waals surface area contributed by atoms with Gasteiger partial charge in [-0.2, -0.15) is 0 Å². The number of hydrogen-bond donors (Lipinski definition) is 2. The van der Waals surface area contributed by atoms with Gasteiger partial charge in [-0.3, -0.25) is 4.79 Å². The van der Waals surface area contributed by atoms with E-state index in [4.69, 9.17) is 10.5 Å². The van der Waals surface area contributed by atoms with Crippen molar-refractivity contribution < 1.29 is 9.53 Å². The molecule has 0 spiro atoms. The average Bonchev–Trinajstić information content (AvgIpc) is 2.47. The second-order valence-corrected chi connectivity index (χ2v) is 6.77. The van der Waals surface area contributed by atoms with E-state index in [-0.39, 0.29) is 11.4 Å². The van der Waals surface area contributed by atoms with Crippen molar-refractivity contribution in [2.75, 3.05) is 19.4 Å². The lowest BCUT2D eigenvalue weighted by Gasteiger charge is -2.33. The summed E-state index contributed by atoms with van der Waals surface area (Å²) in [6.45, 7) is 6.58. The van der Waals surface area contributed by atoms with E-state index in [1.54, 1.807) is 18.9 Å². The zero-order valence-corrected chi connectivity index (χ0v) is 14.1. The van der Waals surface area contributed by atoms with Crippen molar-refractivity contribution in [2.45, 2.75) is 37.6 Å². The summed E-state index contributed by atoms with van der Waals surface area (Å²) in [5, 5.41) is 3.05. The Kier molecular flexibility index (Phi) is 7.05. The zero-order chi connectivity index (χ0) is 15.9. The minimum Gasteiger partial charge on any atom is -0.497 e. The first-order valence-corrected chi connectivity index (χ1v) is 8.17. The van der Waals surface area contributed by atoms with Crippen LogP contribution in [-0.2, 0) is 4.79 Å². The van der Waals surface area contributed by atoms with Crippen LogP contribution in [0.3, 0.4) is 0 Å². The van der Waals surface area contributed by atoms with Crippen LogP contribution in [0.15, 0.2) is 29.2 Å². The van der Waals surface area contributed by atoms with Crippen LogP contribution in [0.1, 0.15) is 27.2 Å². The first-order valence-electron chi connectivity index (χ1n) is 7.19. The van der Waals surface area contributed by atoms with E-state index in [1.807, 2.05) is 31.2 Å². The molecule has 0 aliphatic heterocycles. The minimum absolute atomic E-state index is 0.0534. The van der Waals surface area contributed by atoms with Crippen LogP contribution in [0.5, 0.6) is 5.75 Å². The molecule has 1 atom stereocenters. The Balaban J connectivity index is 2.39. The molecule has 0 aliphatic rings. The molecule has 0 bridgehead atoms. The largest absolute Gasteiger partial charge is 0.497 e. The Morgan fingerprint density at radius 3 is 2.48 bits per heavy atom. The first-order chi connectivity index (χ1) is 9.91. The number of benzene rings is 1. The number of nitrogens with one attached hydrogen (secondary N) is 1. The van der Waals surface area contributed by atoms with E-state index in [9.17, 15) is 4.79 Å². The van der Waals surface area contributed by atoms with Crippen molar-refractivity contribution >= 4 is 17.7 Å². The number of amides is 1. The predicted molar refractivity (Wildman–Crippen MR) is 88.8 cm³/mol. The van der Waals surface area contributed by atoms with Crippen LogP contribution < -0.4 is 15.8 Å². The van der Waals surface area contributed by atoms with Crippen molar-refractivity contribution in [3.05, 3.63) is 24.3 Å². The third-order valence-corrected chi connectivity index (χ3v) is 4.79. The monoisotopic (exact) mass is 310 g/mol. The summed E-state index contributed by atoms with van der Waals surface area (Å²) in [4.78, 5) is 13.1. The molecule has 3 N–H and O–H groups in total. The van der Waals surface area contributed by atoms with E-state index in [1.165, 1.54) is 0 Å². The summed E-state index contributed by atoms with van der Waals surface area (Å²) in [6.07, 6.45) is 0.485. The third-order valence-electron chi connectivity index (χ3n) is 3.78. The van der Waals surface area contributed by atoms with Crippen LogP contribution in [0, 0.1) is 5.92 Å². The topological polar surface area (TPSA) is 64.3 Å². The fourth-order valence-corrected chi connectivity index (χ4v) is 2.60. The highest BCUT2D eigenvalue weighted by Gasteiger charge is 2.28. The number of nitrogens with two attached hydrogens (primary N) is 1. The Morgan fingerprint density at radius 1 is 1.38 bits per heavy atom. The maximum atomic E-state index is 12.0. The zero-order valence-electron chi connectivity index (χ0n) is 13.3. The summed E-state index contributed by atoms with van der Waals surface area (Å²) in [5.41, 5.74) is 5.44. The maximum absolute atomic E-state index is 12.0. The van der Waals surface area contributed by atoms with Gasteiger partial charge >= 0.3 is 0 Å². The number of carbonyl (C=O) groups excluding carboxylic acids is 1. The minimum atomic E-state index is -0.331. The molecule has 0 radical (unpaired) electrons. The van der Waals surface area contributed by atoms with Crippen molar-refractivity contribution in [1.82, 2.24) is 5.32 Å². The highest BCUT2D eigenvalue weighted by Crippen LogP contribution is 2.22. The van der Waals surface area contributed by atoms with Gasteiger partial charge in [-0.15, -0.1) is 11.8 Å². The Labute approximate surface area is 131 Å². The Bertz CT molecular complexity index is 448. The molecule has 1 aromatic rings. The Morgan fingerprint density at radius 2 is 2.00 bits per heavy atom. The lowest BCUT2D eigenvalue weighted by Crippen LogP contribution is -2.55. The first kappa shape index (κ1) is 17.9. The predicted octanol–water partition coefficient (Wildman–Crippen LogP) is 2.67. The Hall–Kier alpha value is -1.20. The van der Waals surface area contributed by atoms with Gasteiger partial charge in [0.25, 0.3) is 0 Å². The van der Waals surface area contributed by atoms with Crippen LogP contribution in [0.2, 0.25) is 0 Å². The van der Waals surface area contributed by atoms with Gasteiger partial charge in [0, 0.05) is 23.6 Å². The summed E-state index contributed by atoms with van der Waals surface area (Å²) in [6, 6.07) is 7.85. The van der Waals surface area contributed by atoms with Crippen molar-refractivity contribution in [3.63, 3.8) is 0 Å². The number of thioether (sulfide) groups is 1. The number of ether oxygens (including phenoxy) is 1. The smallest absolute Gasteiger partial charge is 0.221 e. The molecule has 0 saturated heterocycles. The van der Waals surface area contributed by atoms with E-state index in [0.29, 0.717) is 18.9 Å². The molecule has 0 aliphatic carbocycles. The van der Waals surface area contributed by atoms with Crippen LogP contribution >= 0.6 is 11.8 Å². The molecule has 0 aromatic heterocycles. The number of methoxy groups -OCH3 is 1. The van der Waals surface area contributed by atoms with Crippen LogP contribution in [0.25, 0.3) is 0 Å². The van der Waals surface area contributed by atoms with Gasteiger partial charge in [-0.25, -0.2) is 0 Å². The highest BCUT2D eigenvalue weighted by molar-refractivity contribution is 7.99. The molecule has 0 heterocycles. The average molecular weight is 310 g/mol. The van der Waals surface area contributed by atoms with Gasteiger partial charge in [0.2, 0.25) is 5.91 Å². The molecule has 1 aromatic carbocycles. The molecule has 118 valence electrons. The van der Waals surface area contributed by atoms with Crippen molar-refractivity contribution in [1.29, 1.82) is 0 Å². The van der Waals surface area contributed by atoms with E-state index in [0.717, 1.165) is 16.4 Å². The van der Waals surface area contributed by atoms with Gasteiger partial charge in [0.1, 0.15) is 5.75 Å².